The van der Waals surface area contributed by atoms with E-state index in [1.54, 1.807) is 0 Å². The number of carbonyl (C=O) groups excluding carboxylic acids is 1. The Kier molecular flexibility index (Phi) is 5.91. The van der Waals surface area contributed by atoms with Crippen LogP contribution in [0.1, 0.15) is 32.4 Å². The minimum absolute atomic E-state index is 0.226. The molecule has 4 N–H and O–H groups in total. The molecule has 10 nitrogen and oxygen atoms in total. The van der Waals surface area contributed by atoms with E-state index in [0.29, 0.717) is 29.8 Å². The van der Waals surface area contributed by atoms with Crippen molar-refractivity contribution in [2.24, 2.45) is 0 Å². The number of hydrogen-bond donors (Lipinski definition) is 3. The average Bonchev–Trinajstić information content (AvgIpc) is 3.16. The number of ether oxygens (including phenoxy) is 1. The molecule has 3 rings (SSSR count). The Labute approximate surface area is 153 Å². The van der Waals surface area contributed by atoms with Crippen molar-refractivity contribution in [3.63, 3.8) is 0 Å². The number of anilines is 1. The van der Waals surface area contributed by atoms with E-state index in [1.165, 1.54) is 17.2 Å². The monoisotopic (exact) mass is 383 g/mol. The molecule has 26 heavy (non-hydrogen) atoms. The van der Waals surface area contributed by atoms with Crippen LogP contribution >= 0.6 is 12.0 Å². The summed E-state index contributed by atoms with van der Waals surface area (Å²) < 4.78 is 12.3. The summed E-state index contributed by atoms with van der Waals surface area (Å²) in [5.74, 6) is 0.394. The van der Waals surface area contributed by atoms with Gasteiger partial charge in [-0.05, 0) is 12.8 Å². The summed E-state index contributed by atoms with van der Waals surface area (Å²) in [6.07, 6.45) is 0.560. The van der Waals surface area contributed by atoms with E-state index in [1.807, 2.05) is 6.92 Å². The SMILES string of the molecule is CCCC(=O)OSCC[C@H]1O[C@@H](n2cnc3c(N)ncnc32)[C@H](O)[C@@H]1O. The van der Waals surface area contributed by atoms with Gasteiger partial charge in [0.15, 0.2) is 17.7 Å². The Hall–Kier alpha value is -1.95. The second-order valence-electron chi connectivity index (χ2n) is 5.95. The number of aliphatic hydroxyl groups is 2. The number of nitrogens with zero attached hydrogens (tertiary/aromatic N) is 4. The highest BCUT2D eigenvalue weighted by Gasteiger charge is 2.44. The van der Waals surface area contributed by atoms with Gasteiger partial charge in [-0.2, -0.15) is 0 Å². The fourth-order valence-electron chi connectivity index (χ4n) is 2.77. The van der Waals surface area contributed by atoms with Gasteiger partial charge in [0.25, 0.3) is 0 Å². The van der Waals surface area contributed by atoms with E-state index in [-0.39, 0.29) is 11.8 Å². The zero-order chi connectivity index (χ0) is 18.7. The molecule has 0 radical (unpaired) electrons. The first-order chi connectivity index (χ1) is 12.5. The molecule has 1 aliphatic rings. The van der Waals surface area contributed by atoms with Crippen molar-refractivity contribution >= 4 is 35.0 Å². The molecule has 0 saturated carbocycles. The first-order valence-corrected chi connectivity index (χ1v) is 9.21. The zero-order valence-electron chi connectivity index (χ0n) is 14.2. The van der Waals surface area contributed by atoms with Gasteiger partial charge in [-0.25, -0.2) is 15.0 Å². The molecule has 1 fully saturated rings. The maximum atomic E-state index is 11.3. The van der Waals surface area contributed by atoms with E-state index in [2.05, 4.69) is 15.0 Å². The Morgan fingerprint density at radius 2 is 2.19 bits per heavy atom. The summed E-state index contributed by atoms with van der Waals surface area (Å²) in [6.45, 7) is 1.90. The molecule has 0 aromatic carbocycles. The fourth-order valence-corrected chi connectivity index (χ4v) is 3.40. The summed E-state index contributed by atoms with van der Waals surface area (Å²) in [6, 6.07) is 0. The molecule has 3 heterocycles. The molecule has 142 valence electrons. The van der Waals surface area contributed by atoms with E-state index in [4.69, 9.17) is 14.7 Å². The van der Waals surface area contributed by atoms with Crippen LogP contribution in [0.3, 0.4) is 0 Å². The highest BCUT2D eigenvalue weighted by molar-refractivity contribution is 7.95. The van der Waals surface area contributed by atoms with Crippen LogP contribution in [0.5, 0.6) is 0 Å². The summed E-state index contributed by atoms with van der Waals surface area (Å²) >= 11 is 1.02. The van der Waals surface area contributed by atoms with Crippen LogP contribution in [-0.4, -0.2) is 59.8 Å². The van der Waals surface area contributed by atoms with Crippen molar-refractivity contribution in [1.29, 1.82) is 0 Å². The zero-order valence-corrected chi connectivity index (χ0v) is 15.0. The van der Waals surface area contributed by atoms with E-state index in [0.717, 1.165) is 18.5 Å². The van der Waals surface area contributed by atoms with Crippen LogP contribution in [0.4, 0.5) is 5.82 Å². The lowest BCUT2D eigenvalue weighted by atomic mass is 10.1. The van der Waals surface area contributed by atoms with Gasteiger partial charge in [-0.1, -0.05) is 6.92 Å². The minimum Gasteiger partial charge on any atom is -0.391 e. The number of nitrogen functional groups attached to an aromatic ring is 1. The maximum Gasteiger partial charge on any atom is 0.317 e. The molecular weight excluding hydrogens is 362 g/mol. The van der Waals surface area contributed by atoms with Crippen LogP contribution < -0.4 is 5.73 Å². The molecule has 1 aliphatic heterocycles. The molecule has 0 amide bonds. The van der Waals surface area contributed by atoms with E-state index in [9.17, 15) is 15.0 Å². The number of aromatic nitrogens is 4. The maximum absolute atomic E-state index is 11.3. The molecule has 0 unspecified atom stereocenters. The van der Waals surface area contributed by atoms with Crippen molar-refractivity contribution in [2.45, 2.75) is 50.7 Å². The highest BCUT2D eigenvalue weighted by atomic mass is 32.2. The van der Waals surface area contributed by atoms with Gasteiger partial charge >= 0.3 is 5.97 Å². The first kappa shape index (κ1) is 18.8. The Morgan fingerprint density at radius 1 is 1.38 bits per heavy atom. The quantitative estimate of drug-likeness (QED) is 0.454. The average molecular weight is 383 g/mol. The van der Waals surface area contributed by atoms with Crippen molar-refractivity contribution in [1.82, 2.24) is 19.5 Å². The Morgan fingerprint density at radius 3 is 2.96 bits per heavy atom. The third-order valence-electron chi connectivity index (χ3n) is 4.09. The summed E-state index contributed by atoms with van der Waals surface area (Å²) in [5.41, 5.74) is 6.58. The molecule has 4 atom stereocenters. The van der Waals surface area contributed by atoms with Crippen LogP contribution in [-0.2, 0) is 13.7 Å². The molecule has 2 aromatic rings. The first-order valence-electron chi connectivity index (χ1n) is 8.29. The van der Waals surface area contributed by atoms with Crippen LogP contribution in [0.15, 0.2) is 12.7 Å². The van der Waals surface area contributed by atoms with Crippen molar-refractivity contribution in [3.05, 3.63) is 12.7 Å². The van der Waals surface area contributed by atoms with Crippen molar-refractivity contribution in [2.75, 3.05) is 11.5 Å². The third kappa shape index (κ3) is 3.75. The molecule has 0 aliphatic carbocycles. The fraction of sp³-hybridized carbons (Fsp3) is 0.600. The molecule has 0 spiro atoms. The van der Waals surface area contributed by atoms with Gasteiger partial charge in [-0.15, -0.1) is 0 Å². The third-order valence-corrected chi connectivity index (χ3v) is 4.80. The standard InChI is InChI=1S/C15H21N5O5S/c1-2-3-9(21)25-26-5-4-8-11(22)12(23)15(24-8)20-7-19-10-13(16)17-6-18-14(10)20/h6-8,11-12,15,22-23H,2-5H2,1H3,(H2,16,17,18)/t8-,11-,12-,15-/m1/s1. The van der Waals surface area contributed by atoms with E-state index < -0.39 is 24.5 Å². The van der Waals surface area contributed by atoms with Gasteiger partial charge in [0.05, 0.1) is 24.5 Å². The molecule has 1 saturated heterocycles. The van der Waals surface area contributed by atoms with Gasteiger partial charge in [0.1, 0.15) is 24.1 Å². The second kappa shape index (κ2) is 8.16. The van der Waals surface area contributed by atoms with Gasteiger partial charge in [0, 0.05) is 12.2 Å². The van der Waals surface area contributed by atoms with Crippen LogP contribution in [0.25, 0.3) is 11.2 Å². The minimum atomic E-state index is -1.15. The van der Waals surface area contributed by atoms with Gasteiger partial charge < -0.3 is 24.9 Å². The number of nitrogens with two attached hydrogens (primary N) is 1. The van der Waals surface area contributed by atoms with Crippen molar-refractivity contribution < 1.29 is 23.9 Å². The number of fused-ring (bicyclic) bond motifs is 1. The summed E-state index contributed by atoms with van der Waals surface area (Å²) in [5, 5.41) is 20.6. The largest absolute Gasteiger partial charge is 0.391 e. The number of rotatable bonds is 7. The summed E-state index contributed by atoms with van der Waals surface area (Å²) in [7, 11) is 0. The highest BCUT2D eigenvalue weighted by Crippen LogP contribution is 2.33. The van der Waals surface area contributed by atoms with Crippen LogP contribution in [0.2, 0.25) is 0 Å². The van der Waals surface area contributed by atoms with Gasteiger partial charge in [-0.3, -0.25) is 9.36 Å². The lowest BCUT2D eigenvalue weighted by Crippen LogP contribution is -2.31. The smallest absolute Gasteiger partial charge is 0.317 e. The topological polar surface area (TPSA) is 146 Å². The number of aliphatic hydroxyl groups excluding tert-OH is 2. The number of hydrogen-bond acceptors (Lipinski definition) is 10. The Balaban J connectivity index is 1.62. The summed E-state index contributed by atoms with van der Waals surface area (Å²) in [4.78, 5) is 23.4. The molecular formula is C15H21N5O5S. The predicted molar refractivity (Wildman–Crippen MR) is 93.7 cm³/mol. The normalized spacial score (nSPS) is 25.7. The lowest BCUT2D eigenvalue weighted by molar-refractivity contribution is -0.133. The molecule has 2 aromatic heterocycles. The van der Waals surface area contributed by atoms with Gasteiger partial charge in [0.2, 0.25) is 0 Å². The second-order valence-corrected chi connectivity index (χ2v) is 6.76. The molecule has 0 bridgehead atoms. The predicted octanol–water partition coefficient (Wildman–Crippen LogP) is 0.409. The van der Waals surface area contributed by atoms with Crippen LogP contribution in [0, 0.1) is 0 Å². The molecule has 11 heteroatoms. The number of imidazole rings is 1. The lowest BCUT2D eigenvalue weighted by Gasteiger charge is -2.16. The number of carbonyl (C=O) groups is 1. The Bertz CT molecular complexity index is 772. The van der Waals surface area contributed by atoms with Crippen molar-refractivity contribution in [3.8, 4) is 0 Å². The van der Waals surface area contributed by atoms with E-state index >= 15 is 0 Å².